The van der Waals surface area contributed by atoms with Gasteiger partial charge in [0.2, 0.25) is 0 Å². The minimum absolute atomic E-state index is 0.210. The zero-order valence-electron chi connectivity index (χ0n) is 10.2. The van der Waals surface area contributed by atoms with Gasteiger partial charge in [0.15, 0.2) is 0 Å². The number of halogens is 1. The van der Waals surface area contributed by atoms with E-state index < -0.39 is 0 Å². The van der Waals surface area contributed by atoms with Crippen LogP contribution in [0.4, 0.5) is 0 Å². The van der Waals surface area contributed by atoms with Crippen LogP contribution < -0.4 is 10.1 Å². The van der Waals surface area contributed by atoms with Gasteiger partial charge in [-0.05, 0) is 37.6 Å². The minimum atomic E-state index is 0.210. The van der Waals surface area contributed by atoms with Crippen LogP contribution in [0.25, 0.3) is 0 Å². The number of benzene rings is 1. The van der Waals surface area contributed by atoms with Gasteiger partial charge < -0.3 is 15.2 Å². The maximum absolute atomic E-state index is 8.69. The molecule has 0 saturated carbocycles. The molecule has 1 aromatic carbocycles. The van der Waals surface area contributed by atoms with Crippen molar-refractivity contribution in [2.45, 2.75) is 26.3 Å². The van der Waals surface area contributed by atoms with Crippen LogP contribution in [0.1, 0.15) is 25.3 Å². The smallest absolute Gasteiger partial charge is 0.123 e. The highest BCUT2D eigenvalue weighted by Crippen LogP contribution is 2.23. The van der Waals surface area contributed by atoms with Gasteiger partial charge in [0.05, 0.1) is 6.61 Å². The predicted octanol–water partition coefficient (Wildman–Crippen LogP) is 2.60. The predicted molar refractivity (Wildman–Crippen MR) is 70.6 cm³/mol. The first kappa shape index (κ1) is 14.3. The summed E-state index contributed by atoms with van der Waals surface area (Å²) >= 11 is 5.97. The van der Waals surface area contributed by atoms with Gasteiger partial charge in [0.1, 0.15) is 5.75 Å². The highest BCUT2D eigenvalue weighted by molar-refractivity contribution is 6.30. The number of ether oxygens (including phenoxy) is 1. The maximum Gasteiger partial charge on any atom is 0.123 e. The standard InChI is InChI=1S/C13H20ClNO2/c1-2-8-17-13-5-4-12(14)9-11(13)10-15-6-3-7-16/h4-5,9,15-16H,2-3,6-8,10H2,1H3. The molecule has 0 radical (unpaired) electrons. The fourth-order valence-electron chi connectivity index (χ4n) is 1.47. The van der Waals surface area contributed by atoms with Crippen LogP contribution in [-0.2, 0) is 6.54 Å². The third-order valence-electron chi connectivity index (χ3n) is 2.31. The van der Waals surface area contributed by atoms with E-state index in [1.165, 1.54) is 0 Å². The highest BCUT2D eigenvalue weighted by atomic mass is 35.5. The minimum Gasteiger partial charge on any atom is -0.493 e. The average Bonchev–Trinajstić information content (AvgIpc) is 2.33. The fraction of sp³-hybridized carbons (Fsp3) is 0.538. The Morgan fingerprint density at radius 3 is 2.94 bits per heavy atom. The molecule has 0 aliphatic rings. The molecular weight excluding hydrogens is 238 g/mol. The normalized spacial score (nSPS) is 10.5. The fourth-order valence-corrected chi connectivity index (χ4v) is 1.66. The van der Waals surface area contributed by atoms with Crippen LogP contribution in [0.15, 0.2) is 18.2 Å². The summed E-state index contributed by atoms with van der Waals surface area (Å²) in [4.78, 5) is 0. The van der Waals surface area contributed by atoms with Gasteiger partial charge in [-0.3, -0.25) is 0 Å². The molecule has 0 atom stereocenters. The Bertz CT molecular complexity index is 331. The number of aliphatic hydroxyl groups excluding tert-OH is 1. The van der Waals surface area contributed by atoms with E-state index in [9.17, 15) is 0 Å². The van der Waals surface area contributed by atoms with Crippen LogP contribution in [-0.4, -0.2) is 24.9 Å². The van der Waals surface area contributed by atoms with E-state index in [-0.39, 0.29) is 6.61 Å². The van der Waals surface area contributed by atoms with Crippen molar-refractivity contribution in [1.82, 2.24) is 5.32 Å². The summed E-state index contributed by atoms with van der Waals surface area (Å²) in [5.74, 6) is 0.882. The second-order valence-corrected chi connectivity index (χ2v) is 4.29. The summed E-state index contributed by atoms with van der Waals surface area (Å²) in [5, 5.41) is 12.7. The van der Waals surface area contributed by atoms with Gasteiger partial charge in [0.25, 0.3) is 0 Å². The topological polar surface area (TPSA) is 41.5 Å². The van der Waals surface area contributed by atoms with Crippen LogP contribution >= 0.6 is 11.6 Å². The number of hydrogen-bond acceptors (Lipinski definition) is 3. The van der Waals surface area contributed by atoms with Crippen LogP contribution in [0.2, 0.25) is 5.02 Å². The van der Waals surface area contributed by atoms with Crippen molar-refractivity contribution < 1.29 is 9.84 Å². The van der Waals surface area contributed by atoms with E-state index in [4.69, 9.17) is 21.4 Å². The molecular formula is C13H20ClNO2. The molecule has 0 fully saturated rings. The molecule has 4 heteroatoms. The monoisotopic (exact) mass is 257 g/mol. The van der Waals surface area contributed by atoms with Crippen LogP contribution in [0.5, 0.6) is 5.75 Å². The number of aliphatic hydroxyl groups is 1. The van der Waals surface area contributed by atoms with E-state index >= 15 is 0 Å². The lowest BCUT2D eigenvalue weighted by atomic mass is 10.2. The summed E-state index contributed by atoms with van der Waals surface area (Å²) in [6, 6.07) is 5.66. The van der Waals surface area contributed by atoms with E-state index in [2.05, 4.69) is 12.2 Å². The van der Waals surface area contributed by atoms with E-state index in [0.717, 1.165) is 30.7 Å². The third kappa shape index (κ3) is 5.39. The largest absolute Gasteiger partial charge is 0.493 e. The van der Waals surface area contributed by atoms with E-state index in [1.54, 1.807) is 0 Å². The number of nitrogens with one attached hydrogen (secondary N) is 1. The Labute approximate surface area is 108 Å². The Hall–Kier alpha value is -0.770. The molecule has 2 N–H and O–H groups in total. The summed E-state index contributed by atoms with van der Waals surface area (Å²) in [7, 11) is 0. The Kier molecular flexibility index (Phi) is 7.01. The highest BCUT2D eigenvalue weighted by Gasteiger charge is 2.04. The molecule has 3 nitrogen and oxygen atoms in total. The van der Waals surface area contributed by atoms with Crippen molar-refractivity contribution in [3.05, 3.63) is 28.8 Å². The van der Waals surface area contributed by atoms with Gasteiger partial charge in [-0.2, -0.15) is 0 Å². The molecule has 0 bridgehead atoms. The summed E-state index contributed by atoms with van der Waals surface area (Å²) in [6.07, 6.45) is 1.74. The lowest BCUT2D eigenvalue weighted by Crippen LogP contribution is -2.16. The zero-order valence-corrected chi connectivity index (χ0v) is 11.0. The molecule has 1 aromatic rings. The maximum atomic E-state index is 8.69. The average molecular weight is 258 g/mol. The second kappa shape index (κ2) is 8.34. The van der Waals surface area contributed by atoms with Crippen molar-refractivity contribution in [2.24, 2.45) is 0 Å². The molecule has 0 aliphatic carbocycles. The lowest BCUT2D eigenvalue weighted by Gasteiger charge is -2.12. The number of hydrogen-bond donors (Lipinski definition) is 2. The van der Waals surface area contributed by atoms with E-state index in [0.29, 0.717) is 18.2 Å². The third-order valence-corrected chi connectivity index (χ3v) is 2.55. The van der Waals surface area contributed by atoms with Crippen molar-refractivity contribution in [1.29, 1.82) is 0 Å². The summed E-state index contributed by atoms with van der Waals surface area (Å²) in [5.41, 5.74) is 1.06. The summed E-state index contributed by atoms with van der Waals surface area (Å²) < 4.78 is 5.65. The quantitative estimate of drug-likeness (QED) is 0.704. The lowest BCUT2D eigenvalue weighted by molar-refractivity contribution is 0.285. The van der Waals surface area contributed by atoms with Gasteiger partial charge in [-0.25, -0.2) is 0 Å². The molecule has 0 heterocycles. The van der Waals surface area contributed by atoms with Crippen molar-refractivity contribution >= 4 is 11.6 Å². The van der Waals surface area contributed by atoms with Crippen LogP contribution in [0.3, 0.4) is 0 Å². The van der Waals surface area contributed by atoms with Crippen molar-refractivity contribution in [2.75, 3.05) is 19.8 Å². The molecule has 0 aliphatic heterocycles. The first-order valence-corrected chi connectivity index (χ1v) is 6.38. The Morgan fingerprint density at radius 1 is 1.41 bits per heavy atom. The first-order chi connectivity index (χ1) is 8.27. The molecule has 1 rings (SSSR count). The second-order valence-electron chi connectivity index (χ2n) is 3.85. The SMILES string of the molecule is CCCOc1ccc(Cl)cc1CNCCCO. The van der Waals surface area contributed by atoms with Gasteiger partial charge in [0, 0.05) is 23.7 Å². The van der Waals surface area contributed by atoms with Gasteiger partial charge in [-0.15, -0.1) is 0 Å². The summed E-state index contributed by atoms with van der Waals surface area (Å²) in [6.45, 7) is 4.50. The molecule has 17 heavy (non-hydrogen) atoms. The number of rotatable bonds is 8. The molecule has 0 unspecified atom stereocenters. The molecule has 0 saturated heterocycles. The zero-order chi connectivity index (χ0) is 12.5. The van der Waals surface area contributed by atoms with Crippen molar-refractivity contribution in [3.63, 3.8) is 0 Å². The molecule has 0 aromatic heterocycles. The molecule has 0 spiro atoms. The Balaban J connectivity index is 2.56. The first-order valence-electron chi connectivity index (χ1n) is 6.00. The van der Waals surface area contributed by atoms with Gasteiger partial charge in [-0.1, -0.05) is 18.5 Å². The van der Waals surface area contributed by atoms with Crippen LogP contribution in [0, 0.1) is 0 Å². The Morgan fingerprint density at radius 2 is 2.24 bits per heavy atom. The molecule has 96 valence electrons. The van der Waals surface area contributed by atoms with Crippen molar-refractivity contribution in [3.8, 4) is 5.75 Å². The van der Waals surface area contributed by atoms with Gasteiger partial charge >= 0.3 is 0 Å². The van der Waals surface area contributed by atoms with E-state index in [1.807, 2.05) is 18.2 Å². The molecule has 0 amide bonds.